The van der Waals surface area contributed by atoms with Crippen molar-refractivity contribution in [2.75, 3.05) is 0 Å². The maximum absolute atomic E-state index is 5.26. The summed E-state index contributed by atoms with van der Waals surface area (Å²) in [6.07, 6.45) is 5.59. The van der Waals surface area contributed by atoms with Crippen LogP contribution >= 0.6 is 0 Å². The Labute approximate surface area is 111 Å². The molecule has 0 fully saturated rings. The summed E-state index contributed by atoms with van der Waals surface area (Å²) in [5, 5.41) is 7.68. The van der Waals surface area contributed by atoms with Gasteiger partial charge in [-0.2, -0.15) is 5.10 Å². The van der Waals surface area contributed by atoms with Crippen LogP contribution in [0.5, 0.6) is 0 Å². The second-order valence-corrected chi connectivity index (χ2v) is 4.31. The first-order valence-corrected chi connectivity index (χ1v) is 6.24. The number of aromatic nitrogens is 2. The van der Waals surface area contributed by atoms with Crippen LogP contribution in [0.15, 0.2) is 65.5 Å². The van der Waals surface area contributed by atoms with Crippen LogP contribution in [-0.2, 0) is 13.1 Å². The van der Waals surface area contributed by atoms with Gasteiger partial charge >= 0.3 is 0 Å². The smallest absolute Gasteiger partial charge is 0.117 e. The van der Waals surface area contributed by atoms with Gasteiger partial charge < -0.3 is 9.73 Å². The Morgan fingerprint density at radius 2 is 1.95 bits per heavy atom. The number of nitrogens with zero attached hydrogens (tertiary/aromatic N) is 2. The van der Waals surface area contributed by atoms with Gasteiger partial charge in [-0.1, -0.05) is 18.2 Å². The Morgan fingerprint density at radius 3 is 2.74 bits per heavy atom. The van der Waals surface area contributed by atoms with Crippen LogP contribution < -0.4 is 5.32 Å². The molecule has 0 radical (unpaired) electrons. The van der Waals surface area contributed by atoms with Crippen molar-refractivity contribution in [2.24, 2.45) is 0 Å². The molecule has 19 heavy (non-hydrogen) atoms. The van der Waals surface area contributed by atoms with Gasteiger partial charge in [0.2, 0.25) is 0 Å². The zero-order chi connectivity index (χ0) is 12.9. The highest BCUT2D eigenvalue weighted by molar-refractivity contribution is 5.30. The molecule has 1 aromatic carbocycles. The topological polar surface area (TPSA) is 43.0 Å². The summed E-state index contributed by atoms with van der Waals surface area (Å²) in [7, 11) is 0. The lowest BCUT2D eigenvalue weighted by Crippen LogP contribution is -2.11. The Bertz CT molecular complexity index is 614. The van der Waals surface area contributed by atoms with E-state index in [1.165, 1.54) is 0 Å². The molecular weight excluding hydrogens is 238 g/mol. The van der Waals surface area contributed by atoms with Crippen LogP contribution in [0, 0.1) is 0 Å². The predicted molar refractivity (Wildman–Crippen MR) is 72.8 cm³/mol. The quantitative estimate of drug-likeness (QED) is 0.760. The van der Waals surface area contributed by atoms with Crippen LogP contribution in [0.25, 0.3) is 5.69 Å². The van der Waals surface area contributed by atoms with Gasteiger partial charge in [-0.15, -0.1) is 0 Å². The molecule has 0 amide bonds. The van der Waals surface area contributed by atoms with Crippen molar-refractivity contribution < 1.29 is 4.42 Å². The summed E-state index contributed by atoms with van der Waals surface area (Å²) in [6, 6.07) is 13.9. The largest absolute Gasteiger partial charge is 0.468 e. The van der Waals surface area contributed by atoms with Gasteiger partial charge in [-0.3, -0.25) is 0 Å². The van der Waals surface area contributed by atoms with Crippen molar-refractivity contribution in [3.63, 3.8) is 0 Å². The van der Waals surface area contributed by atoms with Gasteiger partial charge in [0.15, 0.2) is 0 Å². The zero-order valence-corrected chi connectivity index (χ0v) is 10.5. The molecule has 0 unspecified atom stereocenters. The number of nitrogens with one attached hydrogen (secondary N) is 1. The maximum Gasteiger partial charge on any atom is 0.117 e. The minimum atomic E-state index is 0.726. The number of benzene rings is 1. The Hall–Kier alpha value is -2.33. The van der Waals surface area contributed by atoms with Gasteiger partial charge in [-0.05, 0) is 24.3 Å². The van der Waals surface area contributed by atoms with E-state index < -0.39 is 0 Å². The van der Waals surface area contributed by atoms with Gasteiger partial charge in [0.25, 0.3) is 0 Å². The molecule has 0 saturated carbocycles. The van der Waals surface area contributed by atoms with Gasteiger partial charge in [0.05, 0.1) is 24.7 Å². The summed E-state index contributed by atoms with van der Waals surface area (Å²) in [6.45, 7) is 1.50. The van der Waals surface area contributed by atoms with Gasteiger partial charge in [0, 0.05) is 18.3 Å². The van der Waals surface area contributed by atoms with Crippen LogP contribution in [0.1, 0.15) is 11.3 Å². The molecule has 4 nitrogen and oxygen atoms in total. The van der Waals surface area contributed by atoms with Crippen molar-refractivity contribution in [1.82, 2.24) is 15.1 Å². The highest BCUT2D eigenvalue weighted by Gasteiger charge is 2.01. The van der Waals surface area contributed by atoms with Crippen molar-refractivity contribution in [3.05, 3.63) is 72.4 Å². The van der Waals surface area contributed by atoms with Crippen molar-refractivity contribution in [1.29, 1.82) is 0 Å². The fourth-order valence-electron chi connectivity index (χ4n) is 1.92. The monoisotopic (exact) mass is 253 g/mol. The second kappa shape index (κ2) is 5.54. The molecule has 0 atom stereocenters. The van der Waals surface area contributed by atoms with E-state index in [9.17, 15) is 0 Å². The van der Waals surface area contributed by atoms with Crippen LogP contribution in [-0.4, -0.2) is 9.78 Å². The zero-order valence-electron chi connectivity index (χ0n) is 10.5. The van der Waals surface area contributed by atoms with E-state index >= 15 is 0 Å². The first-order chi connectivity index (χ1) is 9.42. The minimum Gasteiger partial charge on any atom is -0.468 e. The second-order valence-electron chi connectivity index (χ2n) is 4.31. The molecule has 0 spiro atoms. The van der Waals surface area contributed by atoms with E-state index in [1.807, 2.05) is 59.5 Å². The third-order valence-electron chi connectivity index (χ3n) is 2.87. The number of hydrogen-bond donors (Lipinski definition) is 1. The van der Waals surface area contributed by atoms with Crippen LogP contribution in [0.4, 0.5) is 0 Å². The third kappa shape index (κ3) is 2.92. The maximum atomic E-state index is 5.26. The van der Waals surface area contributed by atoms with E-state index in [0.29, 0.717) is 0 Å². The molecule has 0 aliphatic rings. The fourth-order valence-corrected chi connectivity index (χ4v) is 1.92. The fraction of sp³-hybridized carbons (Fsp3) is 0.133. The van der Waals surface area contributed by atoms with E-state index in [0.717, 1.165) is 30.1 Å². The average Bonchev–Trinajstić information content (AvgIpc) is 3.11. The molecule has 4 heteroatoms. The lowest BCUT2D eigenvalue weighted by molar-refractivity contribution is 0.483. The lowest BCUT2D eigenvalue weighted by atomic mass is 10.3. The molecule has 0 aliphatic carbocycles. The minimum absolute atomic E-state index is 0.726. The summed E-state index contributed by atoms with van der Waals surface area (Å²) in [5.74, 6) is 0.940. The van der Waals surface area contributed by atoms with E-state index in [-0.39, 0.29) is 0 Å². The summed E-state index contributed by atoms with van der Waals surface area (Å²) >= 11 is 0. The van der Waals surface area contributed by atoms with E-state index in [4.69, 9.17) is 4.42 Å². The Morgan fingerprint density at radius 1 is 1.05 bits per heavy atom. The number of rotatable bonds is 5. The van der Waals surface area contributed by atoms with Crippen LogP contribution in [0.2, 0.25) is 0 Å². The highest BCUT2D eigenvalue weighted by atomic mass is 16.3. The van der Waals surface area contributed by atoms with Crippen molar-refractivity contribution in [2.45, 2.75) is 13.1 Å². The molecule has 3 aromatic rings. The SMILES string of the molecule is c1ccc(-n2cc(CNCc3ccco3)cn2)cc1. The van der Waals surface area contributed by atoms with Crippen LogP contribution in [0.3, 0.4) is 0 Å². The average molecular weight is 253 g/mol. The van der Waals surface area contributed by atoms with E-state index in [2.05, 4.69) is 10.4 Å². The molecule has 2 heterocycles. The lowest BCUT2D eigenvalue weighted by Gasteiger charge is -2.00. The Kier molecular flexibility index (Phi) is 3.42. The molecule has 0 aliphatic heterocycles. The van der Waals surface area contributed by atoms with E-state index in [1.54, 1.807) is 6.26 Å². The summed E-state index contributed by atoms with van der Waals surface area (Å²) < 4.78 is 7.14. The normalized spacial score (nSPS) is 10.7. The highest BCUT2D eigenvalue weighted by Crippen LogP contribution is 2.07. The molecule has 0 bridgehead atoms. The first kappa shape index (κ1) is 11.7. The standard InChI is InChI=1S/C15H15N3O/c1-2-5-14(6-3-1)18-12-13(10-17-18)9-16-11-15-7-4-8-19-15/h1-8,10,12,16H,9,11H2. The predicted octanol–water partition coefficient (Wildman–Crippen LogP) is 2.76. The summed E-state index contributed by atoms with van der Waals surface area (Å²) in [4.78, 5) is 0. The molecule has 2 aromatic heterocycles. The van der Waals surface area contributed by atoms with Gasteiger partial charge in [-0.25, -0.2) is 4.68 Å². The molecule has 0 saturated heterocycles. The Balaban J connectivity index is 1.59. The molecular formula is C15H15N3O. The molecule has 96 valence electrons. The summed E-state index contributed by atoms with van der Waals surface area (Å²) in [5.41, 5.74) is 2.22. The van der Waals surface area contributed by atoms with Gasteiger partial charge in [0.1, 0.15) is 5.76 Å². The molecule has 1 N–H and O–H groups in total. The van der Waals surface area contributed by atoms with Crippen molar-refractivity contribution in [3.8, 4) is 5.69 Å². The first-order valence-electron chi connectivity index (χ1n) is 6.24. The number of para-hydroxylation sites is 1. The third-order valence-corrected chi connectivity index (χ3v) is 2.87. The number of hydrogen-bond acceptors (Lipinski definition) is 3. The van der Waals surface area contributed by atoms with Crippen molar-refractivity contribution >= 4 is 0 Å². The molecule has 3 rings (SSSR count). The number of furan rings is 1.